The summed E-state index contributed by atoms with van der Waals surface area (Å²) in [5.41, 5.74) is 4.86. The minimum Gasteiger partial charge on any atom is -0.366 e. The summed E-state index contributed by atoms with van der Waals surface area (Å²) in [6.07, 6.45) is 10.5. The average Bonchev–Trinajstić information content (AvgIpc) is 1.96. The Kier molecular flexibility index (Phi) is 5.99. The van der Waals surface area contributed by atoms with E-state index >= 15 is 0 Å². The molecule has 0 fully saturated rings. The van der Waals surface area contributed by atoms with Gasteiger partial charge in [-0.1, -0.05) is 24.3 Å². The number of allylic oxidation sites excluding steroid dienone is 4. The molecule has 0 aromatic heterocycles. The SMILES string of the molecule is C=CCCC=CC=CC(N)=O. The van der Waals surface area contributed by atoms with Gasteiger partial charge in [-0.3, -0.25) is 4.79 Å². The first-order valence-corrected chi connectivity index (χ1v) is 3.51. The fourth-order valence-electron chi connectivity index (χ4n) is 0.539. The number of hydrogen-bond acceptors (Lipinski definition) is 1. The number of primary amides is 1. The normalized spacial score (nSPS) is 10.9. The number of unbranched alkanes of at least 4 members (excludes halogenated alkanes) is 1. The predicted octanol–water partition coefficient (Wildman–Crippen LogP) is 1.55. The standard InChI is InChI=1S/C9H13NO/c1-2-3-4-5-6-7-8-9(10)11/h2,5-8H,1,3-4H2,(H2,10,11). The first-order valence-electron chi connectivity index (χ1n) is 3.51. The highest BCUT2D eigenvalue weighted by Crippen LogP contribution is 1.90. The third-order valence-electron chi connectivity index (χ3n) is 1.05. The van der Waals surface area contributed by atoms with Gasteiger partial charge in [0.05, 0.1) is 0 Å². The fraction of sp³-hybridized carbons (Fsp3) is 0.222. The molecule has 0 rings (SSSR count). The van der Waals surface area contributed by atoms with Crippen molar-refractivity contribution in [2.24, 2.45) is 5.73 Å². The van der Waals surface area contributed by atoms with Crippen molar-refractivity contribution < 1.29 is 4.79 Å². The van der Waals surface area contributed by atoms with Gasteiger partial charge in [-0.25, -0.2) is 0 Å². The molecule has 0 unspecified atom stereocenters. The summed E-state index contributed by atoms with van der Waals surface area (Å²) in [5.74, 6) is -0.418. The number of hydrogen-bond donors (Lipinski definition) is 1. The molecule has 2 heteroatoms. The predicted molar refractivity (Wildman–Crippen MR) is 46.9 cm³/mol. The van der Waals surface area contributed by atoms with Crippen molar-refractivity contribution in [1.29, 1.82) is 0 Å². The maximum atomic E-state index is 10.2. The summed E-state index contributed by atoms with van der Waals surface area (Å²) in [7, 11) is 0. The van der Waals surface area contributed by atoms with Crippen molar-refractivity contribution in [3.63, 3.8) is 0 Å². The molecule has 0 aromatic rings. The zero-order valence-corrected chi connectivity index (χ0v) is 6.49. The second-order valence-corrected chi connectivity index (χ2v) is 2.06. The van der Waals surface area contributed by atoms with Crippen molar-refractivity contribution in [3.05, 3.63) is 37.0 Å². The van der Waals surface area contributed by atoms with E-state index in [4.69, 9.17) is 5.73 Å². The number of carbonyl (C=O) groups excluding carboxylic acids is 1. The maximum Gasteiger partial charge on any atom is 0.241 e. The molecule has 0 aromatic carbocycles. The van der Waals surface area contributed by atoms with E-state index < -0.39 is 5.91 Å². The van der Waals surface area contributed by atoms with E-state index in [1.165, 1.54) is 6.08 Å². The van der Waals surface area contributed by atoms with Crippen LogP contribution in [-0.2, 0) is 4.79 Å². The molecule has 0 aliphatic heterocycles. The third kappa shape index (κ3) is 8.69. The van der Waals surface area contributed by atoms with Crippen LogP contribution < -0.4 is 5.73 Å². The summed E-state index contributed by atoms with van der Waals surface area (Å²) in [6, 6.07) is 0. The molecule has 0 saturated carbocycles. The summed E-state index contributed by atoms with van der Waals surface area (Å²) < 4.78 is 0. The lowest BCUT2D eigenvalue weighted by atomic mass is 10.3. The lowest BCUT2D eigenvalue weighted by Gasteiger charge is -1.81. The van der Waals surface area contributed by atoms with Crippen LogP contribution in [0.5, 0.6) is 0 Å². The van der Waals surface area contributed by atoms with E-state index in [9.17, 15) is 4.79 Å². The first kappa shape index (κ1) is 9.69. The zero-order chi connectivity index (χ0) is 8.53. The zero-order valence-electron chi connectivity index (χ0n) is 6.49. The second-order valence-electron chi connectivity index (χ2n) is 2.06. The molecule has 0 spiro atoms. The summed E-state index contributed by atoms with van der Waals surface area (Å²) in [4.78, 5) is 10.2. The molecule has 60 valence electrons. The van der Waals surface area contributed by atoms with E-state index in [1.807, 2.05) is 12.2 Å². The summed E-state index contributed by atoms with van der Waals surface area (Å²) >= 11 is 0. The molecule has 2 N–H and O–H groups in total. The number of rotatable bonds is 5. The minimum absolute atomic E-state index is 0.418. The average molecular weight is 151 g/mol. The van der Waals surface area contributed by atoms with Gasteiger partial charge in [0, 0.05) is 6.08 Å². The van der Waals surface area contributed by atoms with Crippen LogP contribution in [0.2, 0.25) is 0 Å². The molecule has 2 nitrogen and oxygen atoms in total. The fourth-order valence-corrected chi connectivity index (χ4v) is 0.539. The molecule has 0 aliphatic rings. The van der Waals surface area contributed by atoms with Gasteiger partial charge in [-0.05, 0) is 12.8 Å². The van der Waals surface area contributed by atoms with Gasteiger partial charge in [0.1, 0.15) is 0 Å². The van der Waals surface area contributed by atoms with Crippen molar-refractivity contribution in [2.45, 2.75) is 12.8 Å². The quantitative estimate of drug-likeness (QED) is 0.275. The Labute approximate surface area is 67.1 Å². The van der Waals surface area contributed by atoms with Crippen molar-refractivity contribution >= 4 is 5.91 Å². The van der Waals surface area contributed by atoms with Gasteiger partial charge in [-0.2, -0.15) is 0 Å². The second kappa shape index (κ2) is 6.81. The van der Waals surface area contributed by atoms with Gasteiger partial charge in [-0.15, -0.1) is 6.58 Å². The van der Waals surface area contributed by atoms with Gasteiger partial charge >= 0.3 is 0 Å². The molecule has 0 aliphatic carbocycles. The topological polar surface area (TPSA) is 43.1 Å². The van der Waals surface area contributed by atoms with E-state index in [1.54, 1.807) is 12.2 Å². The van der Waals surface area contributed by atoms with Crippen LogP contribution in [0.1, 0.15) is 12.8 Å². The smallest absolute Gasteiger partial charge is 0.241 e. The Hall–Kier alpha value is -1.31. The van der Waals surface area contributed by atoms with Crippen LogP contribution in [0.3, 0.4) is 0 Å². The Bertz CT molecular complexity index is 180. The molecule has 0 radical (unpaired) electrons. The molecule has 0 bridgehead atoms. The van der Waals surface area contributed by atoms with Crippen LogP contribution in [0.15, 0.2) is 37.0 Å². The Morgan fingerprint density at radius 1 is 1.36 bits per heavy atom. The largest absolute Gasteiger partial charge is 0.366 e. The summed E-state index contributed by atoms with van der Waals surface area (Å²) in [6.45, 7) is 3.58. The van der Waals surface area contributed by atoms with Crippen LogP contribution in [0.4, 0.5) is 0 Å². The molecular formula is C9H13NO. The van der Waals surface area contributed by atoms with Crippen LogP contribution in [-0.4, -0.2) is 5.91 Å². The van der Waals surface area contributed by atoms with E-state index in [2.05, 4.69) is 6.58 Å². The monoisotopic (exact) mass is 151 g/mol. The highest BCUT2D eigenvalue weighted by molar-refractivity contribution is 5.85. The van der Waals surface area contributed by atoms with Crippen molar-refractivity contribution in [1.82, 2.24) is 0 Å². The van der Waals surface area contributed by atoms with E-state index in [-0.39, 0.29) is 0 Å². The van der Waals surface area contributed by atoms with Crippen LogP contribution >= 0.6 is 0 Å². The van der Waals surface area contributed by atoms with Crippen LogP contribution in [0.25, 0.3) is 0 Å². The van der Waals surface area contributed by atoms with Gasteiger partial charge in [0.25, 0.3) is 0 Å². The number of amides is 1. The lowest BCUT2D eigenvalue weighted by Crippen LogP contribution is -2.04. The van der Waals surface area contributed by atoms with Crippen molar-refractivity contribution in [2.75, 3.05) is 0 Å². The number of nitrogens with two attached hydrogens (primary N) is 1. The molecule has 11 heavy (non-hydrogen) atoms. The Morgan fingerprint density at radius 3 is 2.64 bits per heavy atom. The van der Waals surface area contributed by atoms with Crippen LogP contribution in [0, 0.1) is 0 Å². The van der Waals surface area contributed by atoms with E-state index in [0.29, 0.717) is 0 Å². The highest BCUT2D eigenvalue weighted by Gasteiger charge is 1.77. The number of carbonyl (C=O) groups is 1. The Morgan fingerprint density at radius 2 is 2.09 bits per heavy atom. The molecule has 1 amide bonds. The van der Waals surface area contributed by atoms with Gasteiger partial charge in [0.2, 0.25) is 5.91 Å². The molecule has 0 atom stereocenters. The van der Waals surface area contributed by atoms with Gasteiger partial charge < -0.3 is 5.73 Å². The molecule has 0 saturated heterocycles. The maximum absolute atomic E-state index is 10.2. The first-order chi connectivity index (χ1) is 5.27. The molecule has 0 heterocycles. The summed E-state index contributed by atoms with van der Waals surface area (Å²) in [5, 5.41) is 0. The molecular weight excluding hydrogens is 138 g/mol. The van der Waals surface area contributed by atoms with E-state index in [0.717, 1.165) is 12.8 Å². The van der Waals surface area contributed by atoms with Crippen molar-refractivity contribution in [3.8, 4) is 0 Å². The Balaban J connectivity index is 3.43. The lowest BCUT2D eigenvalue weighted by molar-refractivity contribution is -0.113. The van der Waals surface area contributed by atoms with Gasteiger partial charge in [0.15, 0.2) is 0 Å². The minimum atomic E-state index is -0.418. The third-order valence-corrected chi connectivity index (χ3v) is 1.05. The highest BCUT2D eigenvalue weighted by atomic mass is 16.1.